The van der Waals surface area contributed by atoms with Crippen molar-refractivity contribution in [3.63, 3.8) is 0 Å². The normalized spacial score (nSPS) is 17.3. The summed E-state index contributed by atoms with van der Waals surface area (Å²) in [6.45, 7) is 3.01. The largest absolute Gasteiger partial charge is 0.496 e. The topological polar surface area (TPSA) is 62.7 Å². The van der Waals surface area contributed by atoms with Crippen LogP contribution in [0.2, 0.25) is 0 Å². The highest BCUT2D eigenvalue weighted by atomic mass is 16.5. The lowest BCUT2D eigenvalue weighted by atomic mass is 10.00. The summed E-state index contributed by atoms with van der Waals surface area (Å²) >= 11 is 0. The second kappa shape index (κ2) is 7.34. The fourth-order valence-electron chi connectivity index (χ4n) is 3.18. The van der Waals surface area contributed by atoms with Crippen LogP contribution < -0.4 is 4.74 Å². The minimum Gasteiger partial charge on any atom is -0.496 e. The first-order valence-corrected chi connectivity index (χ1v) is 8.21. The van der Waals surface area contributed by atoms with Gasteiger partial charge in [-0.25, -0.2) is 0 Å². The lowest BCUT2D eigenvalue weighted by Gasteiger charge is -2.41. The fraction of sp³-hybridized carbons (Fsp3) is 0.316. The number of rotatable bonds is 3. The van der Waals surface area contributed by atoms with Gasteiger partial charge in [-0.05, 0) is 18.2 Å². The SMILES string of the molecule is COc1ccccc1C1CN(C(C)=O)CCN1C(=O)c1ccncc1. The van der Waals surface area contributed by atoms with Crippen molar-refractivity contribution >= 4 is 11.8 Å². The zero-order valence-corrected chi connectivity index (χ0v) is 14.4. The molecule has 130 valence electrons. The van der Waals surface area contributed by atoms with Gasteiger partial charge in [0.25, 0.3) is 5.91 Å². The van der Waals surface area contributed by atoms with Gasteiger partial charge in [0.2, 0.25) is 5.91 Å². The number of aromatic nitrogens is 1. The predicted molar refractivity (Wildman–Crippen MR) is 93.3 cm³/mol. The Labute approximate surface area is 147 Å². The first-order valence-electron chi connectivity index (χ1n) is 8.21. The molecule has 1 fully saturated rings. The molecule has 2 amide bonds. The van der Waals surface area contributed by atoms with Gasteiger partial charge in [0, 0.05) is 50.1 Å². The van der Waals surface area contributed by atoms with Crippen LogP contribution in [0.4, 0.5) is 0 Å². The Balaban J connectivity index is 1.98. The maximum absolute atomic E-state index is 13.0. The van der Waals surface area contributed by atoms with Crippen molar-refractivity contribution in [1.82, 2.24) is 14.8 Å². The highest BCUT2D eigenvalue weighted by Gasteiger charge is 2.34. The molecule has 0 spiro atoms. The number of hydrogen-bond acceptors (Lipinski definition) is 4. The minimum absolute atomic E-state index is 0.0101. The Morgan fingerprint density at radius 3 is 2.52 bits per heavy atom. The summed E-state index contributed by atoms with van der Waals surface area (Å²) in [5.74, 6) is 0.655. The molecule has 3 rings (SSSR count). The number of amides is 2. The Kier molecular flexibility index (Phi) is 4.97. The highest BCUT2D eigenvalue weighted by Crippen LogP contribution is 2.33. The smallest absolute Gasteiger partial charge is 0.254 e. The molecule has 0 bridgehead atoms. The van der Waals surface area contributed by atoms with E-state index in [-0.39, 0.29) is 17.9 Å². The van der Waals surface area contributed by atoms with Crippen LogP contribution in [0.25, 0.3) is 0 Å². The maximum atomic E-state index is 13.0. The number of carbonyl (C=O) groups excluding carboxylic acids is 2. The maximum Gasteiger partial charge on any atom is 0.254 e. The molecule has 6 heteroatoms. The summed E-state index contributed by atoms with van der Waals surface area (Å²) in [6.07, 6.45) is 3.22. The van der Waals surface area contributed by atoms with E-state index in [0.717, 1.165) is 5.56 Å². The lowest BCUT2D eigenvalue weighted by Crippen LogP contribution is -2.52. The molecule has 25 heavy (non-hydrogen) atoms. The standard InChI is InChI=1S/C19H21N3O3/c1-14(23)21-11-12-22(19(24)15-7-9-20-10-8-15)17(13-21)16-5-3-4-6-18(16)25-2/h3-10,17H,11-13H2,1-2H3. The number of carbonyl (C=O) groups is 2. The van der Waals surface area contributed by atoms with Gasteiger partial charge in [0.05, 0.1) is 13.2 Å². The van der Waals surface area contributed by atoms with Gasteiger partial charge in [-0.1, -0.05) is 18.2 Å². The van der Waals surface area contributed by atoms with Crippen LogP contribution in [0.1, 0.15) is 28.9 Å². The van der Waals surface area contributed by atoms with Gasteiger partial charge >= 0.3 is 0 Å². The molecule has 2 heterocycles. The fourth-order valence-corrected chi connectivity index (χ4v) is 3.18. The van der Waals surface area contributed by atoms with Gasteiger partial charge in [-0.2, -0.15) is 0 Å². The van der Waals surface area contributed by atoms with Crippen LogP contribution >= 0.6 is 0 Å². The zero-order valence-electron chi connectivity index (χ0n) is 14.4. The van der Waals surface area contributed by atoms with Crippen molar-refractivity contribution < 1.29 is 14.3 Å². The molecule has 1 saturated heterocycles. The Morgan fingerprint density at radius 1 is 1.12 bits per heavy atom. The molecule has 1 aromatic heterocycles. The van der Waals surface area contributed by atoms with Gasteiger partial charge in [-0.3, -0.25) is 14.6 Å². The van der Waals surface area contributed by atoms with Crippen LogP contribution in [-0.4, -0.2) is 53.3 Å². The number of nitrogens with zero attached hydrogens (tertiary/aromatic N) is 3. The van der Waals surface area contributed by atoms with Crippen molar-refractivity contribution in [2.75, 3.05) is 26.7 Å². The molecular formula is C19H21N3O3. The van der Waals surface area contributed by atoms with Crippen molar-refractivity contribution in [3.8, 4) is 5.75 Å². The molecule has 0 N–H and O–H groups in total. The summed E-state index contributed by atoms with van der Waals surface area (Å²) in [6, 6.07) is 10.8. The summed E-state index contributed by atoms with van der Waals surface area (Å²) in [5.41, 5.74) is 1.49. The second-order valence-electron chi connectivity index (χ2n) is 5.96. The molecule has 6 nitrogen and oxygen atoms in total. The quantitative estimate of drug-likeness (QED) is 0.859. The van der Waals surface area contributed by atoms with E-state index in [2.05, 4.69) is 4.98 Å². The van der Waals surface area contributed by atoms with Gasteiger partial charge < -0.3 is 14.5 Å². The number of pyridine rings is 1. The van der Waals surface area contributed by atoms with Crippen molar-refractivity contribution in [1.29, 1.82) is 0 Å². The first-order chi connectivity index (χ1) is 12.1. The third-order valence-corrected chi connectivity index (χ3v) is 4.51. The first kappa shape index (κ1) is 17.0. The van der Waals surface area contributed by atoms with Crippen LogP contribution in [-0.2, 0) is 4.79 Å². The molecule has 2 aromatic rings. The van der Waals surface area contributed by atoms with Gasteiger partial charge in [-0.15, -0.1) is 0 Å². The highest BCUT2D eigenvalue weighted by molar-refractivity contribution is 5.94. The molecule has 0 saturated carbocycles. The van der Waals surface area contributed by atoms with E-state index in [4.69, 9.17) is 4.74 Å². The number of benzene rings is 1. The van der Waals surface area contributed by atoms with E-state index < -0.39 is 0 Å². The number of methoxy groups -OCH3 is 1. The molecule has 1 atom stereocenters. The van der Waals surface area contributed by atoms with E-state index in [1.165, 1.54) is 0 Å². The van der Waals surface area contributed by atoms with E-state index in [1.54, 1.807) is 43.5 Å². The van der Waals surface area contributed by atoms with E-state index in [1.807, 2.05) is 29.2 Å². The zero-order chi connectivity index (χ0) is 17.8. The molecule has 1 unspecified atom stereocenters. The van der Waals surface area contributed by atoms with Crippen molar-refractivity contribution in [2.45, 2.75) is 13.0 Å². The van der Waals surface area contributed by atoms with E-state index >= 15 is 0 Å². The average molecular weight is 339 g/mol. The van der Waals surface area contributed by atoms with Crippen LogP contribution in [0, 0.1) is 0 Å². The minimum atomic E-state index is -0.255. The van der Waals surface area contributed by atoms with Crippen LogP contribution in [0.5, 0.6) is 5.75 Å². The summed E-state index contributed by atoms with van der Waals surface area (Å²) in [4.78, 5) is 32.4. The summed E-state index contributed by atoms with van der Waals surface area (Å²) in [7, 11) is 1.61. The molecule has 0 radical (unpaired) electrons. The molecular weight excluding hydrogens is 318 g/mol. The average Bonchev–Trinajstić information content (AvgIpc) is 2.67. The molecule has 1 aromatic carbocycles. The number of hydrogen-bond donors (Lipinski definition) is 0. The summed E-state index contributed by atoms with van der Waals surface area (Å²) < 4.78 is 5.48. The van der Waals surface area contributed by atoms with Gasteiger partial charge in [0.15, 0.2) is 0 Å². The molecule has 1 aliphatic rings. The molecule has 0 aliphatic carbocycles. The third kappa shape index (κ3) is 3.47. The van der Waals surface area contributed by atoms with Crippen molar-refractivity contribution in [3.05, 3.63) is 59.9 Å². The lowest BCUT2D eigenvalue weighted by molar-refractivity contribution is -0.131. The number of para-hydroxylation sites is 1. The monoisotopic (exact) mass is 339 g/mol. The van der Waals surface area contributed by atoms with Crippen LogP contribution in [0.3, 0.4) is 0 Å². The number of piperazine rings is 1. The molecule has 1 aliphatic heterocycles. The van der Waals surface area contributed by atoms with Crippen LogP contribution in [0.15, 0.2) is 48.8 Å². The predicted octanol–water partition coefficient (Wildman–Crippen LogP) is 2.14. The second-order valence-corrected chi connectivity index (χ2v) is 5.96. The Morgan fingerprint density at radius 2 is 1.84 bits per heavy atom. The van der Waals surface area contributed by atoms with E-state index in [0.29, 0.717) is 30.9 Å². The third-order valence-electron chi connectivity index (χ3n) is 4.51. The Hall–Kier alpha value is -2.89. The summed E-state index contributed by atoms with van der Waals surface area (Å²) in [5, 5.41) is 0. The van der Waals surface area contributed by atoms with Crippen molar-refractivity contribution in [2.24, 2.45) is 0 Å². The van der Waals surface area contributed by atoms with Gasteiger partial charge in [0.1, 0.15) is 5.75 Å². The Bertz CT molecular complexity index is 764. The number of ether oxygens (including phenoxy) is 1. The van der Waals surface area contributed by atoms with E-state index in [9.17, 15) is 9.59 Å².